The van der Waals surface area contributed by atoms with Gasteiger partial charge in [0.05, 0.1) is 5.57 Å². The number of likely N-dealkylation sites (tertiary alicyclic amines) is 1. The number of nitrogens with two attached hydrogens (primary N) is 1. The van der Waals surface area contributed by atoms with Crippen LogP contribution in [0.3, 0.4) is 0 Å². The van der Waals surface area contributed by atoms with Crippen molar-refractivity contribution in [2.24, 2.45) is 16.6 Å². The Morgan fingerprint density at radius 3 is 2.48 bits per heavy atom. The first kappa shape index (κ1) is 24.1. The molecule has 0 radical (unpaired) electrons. The van der Waals surface area contributed by atoms with Crippen LogP contribution in [0.5, 0.6) is 0 Å². The quantitative estimate of drug-likeness (QED) is 0.488. The molecule has 6 heteroatoms. The lowest BCUT2D eigenvalue weighted by molar-refractivity contribution is -0.130. The van der Waals surface area contributed by atoms with Crippen LogP contribution >= 0.6 is 0 Å². The van der Waals surface area contributed by atoms with Gasteiger partial charge in [0, 0.05) is 38.8 Å². The molecule has 2 N–H and O–H groups in total. The van der Waals surface area contributed by atoms with E-state index in [1.54, 1.807) is 19.9 Å². The molecule has 1 aromatic rings. The summed E-state index contributed by atoms with van der Waals surface area (Å²) in [7, 11) is 0. The van der Waals surface area contributed by atoms with E-state index < -0.39 is 5.91 Å². The number of rotatable bonds is 9. The van der Waals surface area contributed by atoms with Crippen molar-refractivity contribution in [2.45, 2.75) is 39.7 Å². The van der Waals surface area contributed by atoms with Crippen molar-refractivity contribution in [1.29, 1.82) is 0 Å². The highest BCUT2D eigenvalue weighted by molar-refractivity contribution is 6.11. The highest BCUT2D eigenvalue weighted by atomic mass is 16.2. The van der Waals surface area contributed by atoms with Crippen LogP contribution in [0.1, 0.15) is 39.2 Å². The van der Waals surface area contributed by atoms with Gasteiger partial charge in [-0.15, -0.1) is 0 Å². The third-order valence-corrected chi connectivity index (χ3v) is 5.65. The van der Waals surface area contributed by atoms with Crippen molar-refractivity contribution in [2.75, 3.05) is 19.6 Å². The van der Waals surface area contributed by atoms with Gasteiger partial charge in [-0.25, -0.2) is 4.99 Å². The number of aliphatic imine (C=N–C) groups is 1. The van der Waals surface area contributed by atoms with Gasteiger partial charge in [0.1, 0.15) is 5.82 Å². The Kier molecular flexibility index (Phi) is 9.25. The third kappa shape index (κ3) is 7.55. The minimum Gasteiger partial charge on any atom is -0.366 e. The number of benzene rings is 1. The standard InChI is InChI=1S/C25H34N4O2/c1-5-24(25(26)31)17-27-20(3)28-15-13-23(14-16-28)18-29(21(4)30)19(2)11-12-22-9-7-6-8-10-22/h5-12,17,19,23H,3,13-16,18H2,1-2,4H3,(H2,26,31)/b12-11+,24-5+,27-17-. The summed E-state index contributed by atoms with van der Waals surface area (Å²) >= 11 is 0. The molecule has 1 atom stereocenters. The van der Waals surface area contributed by atoms with Crippen LogP contribution in [0.4, 0.5) is 0 Å². The third-order valence-electron chi connectivity index (χ3n) is 5.65. The van der Waals surface area contributed by atoms with Gasteiger partial charge in [0.15, 0.2) is 0 Å². The Balaban J connectivity index is 1.89. The predicted octanol–water partition coefficient (Wildman–Crippen LogP) is 3.62. The van der Waals surface area contributed by atoms with Crippen molar-refractivity contribution >= 4 is 24.1 Å². The van der Waals surface area contributed by atoms with Crippen molar-refractivity contribution in [3.63, 3.8) is 0 Å². The number of hydrogen-bond donors (Lipinski definition) is 1. The van der Waals surface area contributed by atoms with Crippen LogP contribution < -0.4 is 5.73 Å². The summed E-state index contributed by atoms with van der Waals surface area (Å²) in [6, 6.07) is 10.1. The maximum Gasteiger partial charge on any atom is 0.249 e. The van der Waals surface area contributed by atoms with Crippen LogP contribution in [0.15, 0.2) is 65.4 Å². The van der Waals surface area contributed by atoms with Gasteiger partial charge in [-0.05, 0) is 38.2 Å². The molecule has 2 rings (SSSR count). The smallest absolute Gasteiger partial charge is 0.249 e. The highest BCUT2D eigenvalue weighted by Gasteiger charge is 2.24. The molecule has 1 saturated heterocycles. The fourth-order valence-electron chi connectivity index (χ4n) is 3.66. The summed E-state index contributed by atoms with van der Waals surface area (Å²) < 4.78 is 0. The molecule has 6 nitrogen and oxygen atoms in total. The van der Waals surface area contributed by atoms with Gasteiger partial charge in [-0.3, -0.25) is 9.59 Å². The van der Waals surface area contributed by atoms with E-state index in [2.05, 4.69) is 47.7 Å². The molecule has 166 valence electrons. The maximum absolute atomic E-state index is 12.3. The Hall–Kier alpha value is -3.15. The molecular weight excluding hydrogens is 388 g/mol. The molecule has 0 spiro atoms. The van der Waals surface area contributed by atoms with Crippen molar-refractivity contribution in [3.05, 3.63) is 66.0 Å². The summed E-state index contributed by atoms with van der Waals surface area (Å²) in [6.45, 7) is 11.8. The van der Waals surface area contributed by atoms with E-state index in [0.717, 1.165) is 38.0 Å². The molecule has 0 aliphatic carbocycles. The lowest BCUT2D eigenvalue weighted by Crippen LogP contribution is -2.43. The maximum atomic E-state index is 12.3. The van der Waals surface area contributed by atoms with Gasteiger partial charge < -0.3 is 15.5 Å². The molecule has 1 unspecified atom stereocenters. The van der Waals surface area contributed by atoms with E-state index >= 15 is 0 Å². The van der Waals surface area contributed by atoms with Crippen LogP contribution in [-0.2, 0) is 9.59 Å². The second-order valence-corrected chi connectivity index (χ2v) is 7.89. The number of hydrogen-bond acceptors (Lipinski definition) is 4. The van der Waals surface area contributed by atoms with Gasteiger partial charge in [0.25, 0.3) is 0 Å². The topological polar surface area (TPSA) is 79.0 Å². The van der Waals surface area contributed by atoms with E-state index in [1.807, 2.05) is 23.1 Å². The number of carbonyl (C=O) groups is 2. The van der Waals surface area contributed by atoms with Crippen molar-refractivity contribution in [1.82, 2.24) is 9.80 Å². The minimum atomic E-state index is -0.502. The average Bonchev–Trinajstić information content (AvgIpc) is 2.76. The first-order valence-electron chi connectivity index (χ1n) is 10.8. The Morgan fingerprint density at radius 1 is 1.29 bits per heavy atom. The molecule has 0 saturated carbocycles. The molecule has 0 bridgehead atoms. The zero-order chi connectivity index (χ0) is 22.8. The summed E-state index contributed by atoms with van der Waals surface area (Å²) in [5.41, 5.74) is 6.79. The molecule has 1 heterocycles. The average molecular weight is 423 g/mol. The molecule has 0 aromatic heterocycles. The minimum absolute atomic E-state index is 0.0309. The molecule has 1 aromatic carbocycles. The van der Waals surface area contributed by atoms with Gasteiger partial charge in [0.2, 0.25) is 11.8 Å². The fraction of sp³-hybridized carbons (Fsp3) is 0.400. The number of amides is 2. The largest absolute Gasteiger partial charge is 0.366 e. The molecule has 1 fully saturated rings. The van der Waals surface area contributed by atoms with Gasteiger partial charge in [-0.1, -0.05) is 55.1 Å². The summed E-state index contributed by atoms with van der Waals surface area (Å²) in [5.74, 6) is 0.646. The number of primary amides is 1. The molecule has 2 amide bonds. The Labute approximate surface area is 185 Å². The van der Waals surface area contributed by atoms with Gasteiger partial charge >= 0.3 is 0 Å². The number of allylic oxidation sites excluding steroid dienone is 1. The fourth-order valence-corrected chi connectivity index (χ4v) is 3.66. The second-order valence-electron chi connectivity index (χ2n) is 7.89. The molecule has 1 aliphatic heterocycles. The van der Waals surface area contributed by atoms with Crippen molar-refractivity contribution in [3.8, 4) is 0 Å². The van der Waals surface area contributed by atoms with Gasteiger partial charge in [-0.2, -0.15) is 0 Å². The zero-order valence-corrected chi connectivity index (χ0v) is 18.8. The lowest BCUT2D eigenvalue weighted by Gasteiger charge is -2.37. The SMILES string of the molecule is C=C(/N=C\C(=C/C)C(N)=O)N1CCC(CN(C(C)=O)C(C)/C=C/c2ccccc2)CC1. The first-order chi connectivity index (χ1) is 14.8. The van der Waals surface area contributed by atoms with E-state index in [9.17, 15) is 9.59 Å². The summed E-state index contributed by atoms with van der Waals surface area (Å²) in [4.78, 5) is 31.9. The van der Waals surface area contributed by atoms with Crippen LogP contribution in [-0.4, -0.2) is 53.5 Å². The van der Waals surface area contributed by atoms with Crippen LogP contribution in [0, 0.1) is 5.92 Å². The Bertz CT molecular complexity index is 850. The molecule has 31 heavy (non-hydrogen) atoms. The van der Waals surface area contributed by atoms with E-state index in [0.29, 0.717) is 17.3 Å². The normalized spacial score (nSPS) is 16.6. The number of carbonyl (C=O) groups excluding carboxylic acids is 2. The first-order valence-corrected chi connectivity index (χ1v) is 10.8. The van der Waals surface area contributed by atoms with E-state index in [-0.39, 0.29) is 11.9 Å². The summed E-state index contributed by atoms with van der Waals surface area (Å²) in [5, 5.41) is 0. The Morgan fingerprint density at radius 2 is 1.94 bits per heavy atom. The van der Waals surface area contributed by atoms with E-state index in [4.69, 9.17) is 5.73 Å². The highest BCUT2D eigenvalue weighted by Crippen LogP contribution is 2.22. The van der Waals surface area contributed by atoms with Crippen LogP contribution in [0.2, 0.25) is 0 Å². The van der Waals surface area contributed by atoms with E-state index in [1.165, 1.54) is 6.21 Å². The number of piperidine rings is 1. The molecular formula is C25H34N4O2. The number of nitrogens with zero attached hydrogens (tertiary/aromatic N) is 3. The molecule has 1 aliphatic rings. The monoisotopic (exact) mass is 422 g/mol. The predicted molar refractivity (Wildman–Crippen MR) is 127 cm³/mol. The van der Waals surface area contributed by atoms with Crippen molar-refractivity contribution < 1.29 is 9.59 Å². The zero-order valence-electron chi connectivity index (χ0n) is 18.8. The lowest BCUT2D eigenvalue weighted by atomic mass is 9.95. The van der Waals surface area contributed by atoms with Crippen LogP contribution in [0.25, 0.3) is 6.08 Å². The summed E-state index contributed by atoms with van der Waals surface area (Å²) in [6.07, 6.45) is 9.17. The second kappa shape index (κ2) is 11.9.